The van der Waals surface area contributed by atoms with E-state index in [2.05, 4.69) is 25.5 Å². The first kappa shape index (κ1) is 31.1. The molecule has 1 fully saturated rings. The number of aryl methyl sites for hydroxylation is 1. The minimum absolute atomic E-state index is 0.0906. The molecule has 1 saturated heterocycles. The van der Waals surface area contributed by atoms with Crippen LogP contribution in [0.25, 0.3) is 17.4 Å². The Morgan fingerprint density at radius 2 is 1.91 bits per heavy atom. The number of carbonyl (C=O) groups excluding carboxylic acids is 2. The second-order valence-electron chi connectivity index (χ2n) is 12.6. The third-order valence-electron chi connectivity index (χ3n) is 7.56. The number of nitrogens with zero attached hydrogens (tertiary/aromatic N) is 7. The van der Waals surface area contributed by atoms with Crippen LogP contribution in [0.3, 0.4) is 0 Å². The largest absolute Gasteiger partial charge is 0.444 e. The van der Waals surface area contributed by atoms with Gasteiger partial charge in [0.2, 0.25) is 5.89 Å². The smallest absolute Gasteiger partial charge is 0.408 e. The van der Waals surface area contributed by atoms with Gasteiger partial charge in [-0.15, -0.1) is 21.5 Å². The van der Waals surface area contributed by atoms with E-state index in [9.17, 15) is 9.59 Å². The van der Waals surface area contributed by atoms with Gasteiger partial charge < -0.3 is 19.4 Å². The molecule has 2 amide bonds. The highest BCUT2D eigenvalue weighted by atomic mass is 32.1. The second-order valence-corrected chi connectivity index (χ2v) is 13.5. The maximum atomic E-state index is 14.1. The van der Waals surface area contributed by atoms with Crippen LogP contribution >= 0.6 is 11.3 Å². The normalized spacial score (nSPS) is 16.3. The number of rotatable bonds is 8. The van der Waals surface area contributed by atoms with Gasteiger partial charge in [0.25, 0.3) is 11.8 Å². The van der Waals surface area contributed by atoms with Gasteiger partial charge in [-0.3, -0.25) is 9.36 Å². The lowest BCUT2D eigenvalue weighted by Gasteiger charge is -2.29. The van der Waals surface area contributed by atoms with Crippen LogP contribution in [-0.2, 0) is 16.7 Å². The van der Waals surface area contributed by atoms with E-state index in [0.717, 1.165) is 29.1 Å². The van der Waals surface area contributed by atoms with Crippen molar-refractivity contribution in [1.29, 1.82) is 0 Å². The number of carbonyl (C=O) groups is 2. The van der Waals surface area contributed by atoms with E-state index in [1.165, 1.54) is 0 Å². The van der Waals surface area contributed by atoms with Gasteiger partial charge in [0.1, 0.15) is 34.0 Å². The number of aromatic nitrogens is 6. The summed E-state index contributed by atoms with van der Waals surface area (Å²) in [7, 11) is 0. The minimum atomic E-state index is -1.12. The lowest BCUT2D eigenvalue weighted by atomic mass is 9.92. The number of thiazole rings is 1. The highest BCUT2D eigenvalue weighted by Crippen LogP contribution is 2.36. The highest BCUT2D eigenvalue weighted by Gasteiger charge is 2.37. The molecule has 1 aromatic carbocycles. The van der Waals surface area contributed by atoms with E-state index in [1.54, 1.807) is 74.5 Å². The van der Waals surface area contributed by atoms with E-state index in [-0.39, 0.29) is 23.7 Å². The molecule has 1 N–H and O–H groups in total. The molecular weight excluding hydrogens is 604 g/mol. The standard InChI is InChI=1S/C33H36N8O4S/c1-21-19-46-28(35-21)25-12-9-14-41(25)29(42)23-16-24(36-26(17-23)40-15-13-34-20-40)27-38-39-30(44-27)33(5,18-22-10-7-6-8-11-22)37-31(43)45-32(2,3)4/h6-8,10-11,13,15-17,19-20,25H,9,12,14,18H2,1-5H3,(H,37,43)/t25-,33-/m1/s1. The van der Waals surface area contributed by atoms with E-state index in [1.807, 2.05) is 47.5 Å². The van der Waals surface area contributed by atoms with Crippen LogP contribution in [0.1, 0.15) is 79.1 Å². The average Bonchev–Trinajstić information content (AvgIpc) is 3.83. The third kappa shape index (κ3) is 6.84. The van der Waals surface area contributed by atoms with Crippen molar-refractivity contribution >= 4 is 23.3 Å². The topological polar surface area (TPSA) is 141 Å². The summed E-state index contributed by atoms with van der Waals surface area (Å²) < 4.78 is 13.5. The first-order chi connectivity index (χ1) is 22.0. The zero-order valence-corrected chi connectivity index (χ0v) is 27.2. The number of alkyl carbamates (subject to hydrolysis) is 1. The summed E-state index contributed by atoms with van der Waals surface area (Å²) in [6.07, 6.45) is 6.47. The number of hydrogen-bond acceptors (Lipinski definition) is 10. The summed E-state index contributed by atoms with van der Waals surface area (Å²) in [6, 6.07) is 13.0. The van der Waals surface area contributed by atoms with Crippen LogP contribution in [0.5, 0.6) is 0 Å². The Labute approximate surface area is 270 Å². The lowest BCUT2D eigenvalue weighted by Crippen LogP contribution is -2.47. The van der Waals surface area contributed by atoms with Crippen LogP contribution in [0.15, 0.2) is 71.0 Å². The third-order valence-corrected chi connectivity index (χ3v) is 8.62. The molecule has 1 aliphatic rings. The molecule has 1 aliphatic heterocycles. The SMILES string of the molecule is Cc1csc([C@H]2CCCN2C(=O)c2cc(-c3nnc([C@@](C)(Cc4ccccc4)NC(=O)OC(C)(C)C)o3)nc(-n3ccnc3)c2)n1. The van der Waals surface area contributed by atoms with Crippen molar-refractivity contribution in [3.05, 3.63) is 94.3 Å². The Kier molecular flexibility index (Phi) is 8.43. The molecule has 0 unspecified atom stereocenters. The minimum Gasteiger partial charge on any atom is -0.444 e. The molecule has 46 heavy (non-hydrogen) atoms. The van der Waals surface area contributed by atoms with Crippen molar-refractivity contribution in [2.45, 2.75) is 71.1 Å². The maximum absolute atomic E-state index is 14.1. The summed E-state index contributed by atoms with van der Waals surface area (Å²) in [5.74, 6) is 0.599. The van der Waals surface area contributed by atoms with Crippen LogP contribution in [-0.4, -0.2) is 58.8 Å². The predicted molar refractivity (Wildman–Crippen MR) is 171 cm³/mol. The summed E-state index contributed by atoms with van der Waals surface area (Å²) in [5.41, 5.74) is 0.806. The van der Waals surface area contributed by atoms with Gasteiger partial charge in [-0.1, -0.05) is 30.3 Å². The van der Waals surface area contributed by atoms with E-state index in [4.69, 9.17) is 14.1 Å². The van der Waals surface area contributed by atoms with Gasteiger partial charge in [-0.2, -0.15) is 0 Å². The Morgan fingerprint density at radius 1 is 1.11 bits per heavy atom. The molecule has 0 bridgehead atoms. The molecule has 5 aromatic rings. The van der Waals surface area contributed by atoms with Gasteiger partial charge in [0.05, 0.1) is 6.04 Å². The number of ether oxygens (including phenoxy) is 1. The number of nitrogens with one attached hydrogen (secondary N) is 1. The van der Waals surface area contributed by atoms with Gasteiger partial charge in [0, 0.05) is 42.0 Å². The van der Waals surface area contributed by atoms with Crippen molar-refractivity contribution < 1.29 is 18.7 Å². The number of likely N-dealkylation sites (tertiary alicyclic amines) is 1. The van der Waals surface area contributed by atoms with Crippen LogP contribution < -0.4 is 5.32 Å². The maximum Gasteiger partial charge on any atom is 0.408 e. The number of pyridine rings is 1. The predicted octanol–water partition coefficient (Wildman–Crippen LogP) is 6.04. The average molecular weight is 641 g/mol. The number of imidazole rings is 1. The van der Waals surface area contributed by atoms with Gasteiger partial charge in [0.15, 0.2) is 0 Å². The quantitative estimate of drug-likeness (QED) is 0.215. The van der Waals surface area contributed by atoms with Crippen molar-refractivity contribution in [2.24, 2.45) is 0 Å². The Balaban J connectivity index is 1.36. The molecule has 0 radical (unpaired) electrons. The molecule has 12 nitrogen and oxygen atoms in total. The van der Waals surface area contributed by atoms with Crippen molar-refractivity contribution in [2.75, 3.05) is 6.54 Å². The zero-order valence-electron chi connectivity index (χ0n) is 26.4. The van der Waals surface area contributed by atoms with Crippen molar-refractivity contribution in [1.82, 2.24) is 39.9 Å². The number of hydrogen-bond donors (Lipinski definition) is 1. The second kappa shape index (κ2) is 12.5. The lowest BCUT2D eigenvalue weighted by molar-refractivity contribution is 0.0443. The molecule has 2 atom stereocenters. The summed E-state index contributed by atoms with van der Waals surface area (Å²) in [4.78, 5) is 42.5. The van der Waals surface area contributed by atoms with Crippen molar-refractivity contribution in [3.8, 4) is 17.4 Å². The highest BCUT2D eigenvalue weighted by molar-refractivity contribution is 7.09. The Bertz CT molecular complexity index is 1830. The molecule has 4 aromatic heterocycles. The molecule has 0 saturated carbocycles. The van der Waals surface area contributed by atoms with Crippen LogP contribution in [0, 0.1) is 6.92 Å². The number of benzene rings is 1. The number of amides is 2. The molecule has 0 aliphatic carbocycles. The first-order valence-corrected chi connectivity index (χ1v) is 16.0. The molecule has 5 heterocycles. The summed E-state index contributed by atoms with van der Waals surface area (Å²) in [5, 5.41) is 14.6. The zero-order chi connectivity index (χ0) is 32.5. The van der Waals surface area contributed by atoms with Crippen LogP contribution in [0.2, 0.25) is 0 Å². The summed E-state index contributed by atoms with van der Waals surface area (Å²) in [6.45, 7) is 9.78. The molecule has 238 valence electrons. The fraction of sp³-hybridized carbons (Fsp3) is 0.364. The molecule has 6 rings (SSSR count). The van der Waals surface area contributed by atoms with Crippen molar-refractivity contribution in [3.63, 3.8) is 0 Å². The molecule has 13 heteroatoms. The van der Waals surface area contributed by atoms with E-state index < -0.39 is 17.2 Å². The molecule has 0 spiro atoms. The van der Waals surface area contributed by atoms with Crippen LogP contribution in [0.4, 0.5) is 4.79 Å². The monoisotopic (exact) mass is 640 g/mol. The first-order valence-electron chi connectivity index (χ1n) is 15.1. The van der Waals surface area contributed by atoms with Gasteiger partial charge in [-0.05, 0) is 65.2 Å². The van der Waals surface area contributed by atoms with E-state index >= 15 is 0 Å². The Hall–Kier alpha value is -4.91. The summed E-state index contributed by atoms with van der Waals surface area (Å²) >= 11 is 1.57. The Morgan fingerprint density at radius 3 is 2.61 bits per heavy atom. The van der Waals surface area contributed by atoms with Gasteiger partial charge >= 0.3 is 6.09 Å². The van der Waals surface area contributed by atoms with Gasteiger partial charge in [-0.25, -0.2) is 19.7 Å². The fourth-order valence-electron chi connectivity index (χ4n) is 5.49. The van der Waals surface area contributed by atoms with E-state index in [0.29, 0.717) is 30.0 Å². The molecular formula is C33H36N8O4S. The fourth-order valence-corrected chi connectivity index (χ4v) is 6.43.